The van der Waals surface area contributed by atoms with Gasteiger partial charge < -0.3 is 4.74 Å². The molecule has 0 saturated heterocycles. The molecule has 1 aromatic carbocycles. The molecule has 1 saturated carbocycles. The molecule has 0 N–H and O–H groups in total. The number of alkyl halides is 3. The number of benzene rings is 1. The van der Waals surface area contributed by atoms with E-state index in [1.807, 2.05) is 0 Å². The molecule has 26 heavy (non-hydrogen) atoms. The molecule has 0 unspecified atom stereocenters. The van der Waals surface area contributed by atoms with Gasteiger partial charge in [0.05, 0.1) is 18.2 Å². The summed E-state index contributed by atoms with van der Waals surface area (Å²) < 4.78 is 59.6. The summed E-state index contributed by atoms with van der Waals surface area (Å²) in [5.74, 6) is -1.79. The van der Waals surface area contributed by atoms with Crippen LogP contribution in [0.1, 0.15) is 28.8 Å². The molecule has 3 rings (SSSR count). The molecule has 1 aliphatic rings. The number of aromatic nitrogens is 1. The lowest BCUT2D eigenvalue weighted by molar-refractivity contribution is -0.140. The number of carbonyl (C=O) groups excluding carboxylic acids is 1. The summed E-state index contributed by atoms with van der Waals surface area (Å²) in [6.07, 6.45) is -2.80. The Morgan fingerprint density at radius 2 is 1.92 bits per heavy atom. The largest absolute Gasteiger partial charge is 0.482 e. The summed E-state index contributed by atoms with van der Waals surface area (Å²) in [6.45, 7) is 0.571. The number of hydrogen-bond acceptors (Lipinski definition) is 2. The van der Waals surface area contributed by atoms with Gasteiger partial charge in [-0.1, -0.05) is 12.1 Å². The van der Waals surface area contributed by atoms with E-state index < -0.39 is 29.0 Å². The zero-order chi connectivity index (χ0) is 18.9. The smallest absolute Gasteiger partial charge is 0.419 e. The van der Waals surface area contributed by atoms with Gasteiger partial charge in [0, 0.05) is 6.54 Å². The van der Waals surface area contributed by atoms with Gasteiger partial charge in [-0.25, -0.2) is 4.39 Å². The number of rotatable bonds is 4. The van der Waals surface area contributed by atoms with E-state index in [9.17, 15) is 22.4 Å². The van der Waals surface area contributed by atoms with Gasteiger partial charge in [-0.15, -0.1) is 0 Å². The second-order valence-electron chi connectivity index (χ2n) is 6.06. The lowest BCUT2D eigenvalue weighted by Gasteiger charge is -2.12. The molecule has 0 atom stereocenters. The fourth-order valence-electron chi connectivity index (χ4n) is 2.61. The van der Waals surface area contributed by atoms with E-state index in [1.165, 1.54) is 13.2 Å². The standard InChI is InChI=1S/C18H16F4N2O2/c1-26-15-7-3-6-14(24(15)10-11-8-9-11)23-17(25)12-4-2-5-13(16(12)19)18(20,21)22/h2-7,11H,8-10H2,1H3. The predicted molar refractivity (Wildman–Crippen MR) is 85.0 cm³/mol. The first kappa shape index (κ1) is 18.2. The number of ether oxygens (including phenoxy) is 1. The van der Waals surface area contributed by atoms with Crippen LogP contribution in [0.3, 0.4) is 0 Å². The summed E-state index contributed by atoms with van der Waals surface area (Å²) in [6, 6.07) is 7.40. The number of methoxy groups -OCH3 is 1. The van der Waals surface area contributed by atoms with Crippen LogP contribution < -0.4 is 10.2 Å². The van der Waals surface area contributed by atoms with Crippen LogP contribution in [0.5, 0.6) is 5.88 Å². The van der Waals surface area contributed by atoms with Crippen molar-refractivity contribution in [3.05, 3.63) is 58.8 Å². The van der Waals surface area contributed by atoms with Crippen LogP contribution in [0.4, 0.5) is 17.6 Å². The van der Waals surface area contributed by atoms with Gasteiger partial charge in [-0.2, -0.15) is 18.2 Å². The van der Waals surface area contributed by atoms with Gasteiger partial charge in [0.15, 0.2) is 5.88 Å². The predicted octanol–water partition coefficient (Wildman–Crippen LogP) is 3.81. The average molecular weight is 368 g/mol. The fourth-order valence-corrected chi connectivity index (χ4v) is 2.61. The Hall–Kier alpha value is -2.64. The summed E-state index contributed by atoms with van der Waals surface area (Å²) in [5.41, 5.74) is -2.01. The number of halogens is 4. The van der Waals surface area contributed by atoms with Gasteiger partial charge in [0.2, 0.25) is 0 Å². The van der Waals surface area contributed by atoms with Crippen molar-refractivity contribution in [2.24, 2.45) is 10.9 Å². The first-order valence-electron chi connectivity index (χ1n) is 8.00. The molecule has 8 heteroatoms. The highest BCUT2D eigenvalue weighted by Gasteiger charge is 2.35. The maximum absolute atomic E-state index is 14.2. The van der Waals surface area contributed by atoms with E-state index in [4.69, 9.17) is 4.74 Å². The third kappa shape index (κ3) is 3.79. The third-order valence-corrected chi connectivity index (χ3v) is 4.12. The van der Waals surface area contributed by atoms with Crippen LogP contribution >= 0.6 is 0 Å². The molecule has 1 aromatic heterocycles. The van der Waals surface area contributed by atoms with E-state index in [0.29, 0.717) is 24.4 Å². The number of carbonyl (C=O) groups is 1. The monoisotopic (exact) mass is 368 g/mol. The molecule has 1 aliphatic carbocycles. The maximum Gasteiger partial charge on any atom is 0.419 e. The van der Waals surface area contributed by atoms with Gasteiger partial charge >= 0.3 is 6.18 Å². The Balaban J connectivity index is 2.05. The second-order valence-corrected chi connectivity index (χ2v) is 6.06. The van der Waals surface area contributed by atoms with Gasteiger partial charge in [0.1, 0.15) is 11.3 Å². The maximum atomic E-state index is 14.2. The van der Waals surface area contributed by atoms with Crippen molar-refractivity contribution >= 4 is 5.91 Å². The molecule has 0 radical (unpaired) electrons. The van der Waals surface area contributed by atoms with Crippen molar-refractivity contribution in [3.63, 3.8) is 0 Å². The Bertz CT molecular complexity index is 899. The molecule has 0 spiro atoms. The number of pyridine rings is 1. The summed E-state index contributed by atoms with van der Waals surface area (Å²) in [5, 5.41) is 0. The molecular formula is C18H16F4N2O2. The third-order valence-electron chi connectivity index (χ3n) is 4.12. The Labute approximate surface area is 146 Å². The van der Waals surface area contributed by atoms with Crippen molar-refractivity contribution in [2.75, 3.05) is 7.11 Å². The van der Waals surface area contributed by atoms with E-state index in [-0.39, 0.29) is 5.49 Å². The molecule has 0 aliphatic heterocycles. The van der Waals surface area contributed by atoms with Crippen LogP contribution in [0.25, 0.3) is 0 Å². The summed E-state index contributed by atoms with van der Waals surface area (Å²) in [4.78, 5) is 16.2. The SMILES string of the molecule is COc1cccc(=NC(=O)c2cccc(C(F)(F)F)c2F)n1CC1CC1. The zero-order valence-corrected chi connectivity index (χ0v) is 13.9. The summed E-state index contributed by atoms with van der Waals surface area (Å²) in [7, 11) is 1.47. The van der Waals surface area contributed by atoms with E-state index >= 15 is 0 Å². The molecule has 0 bridgehead atoms. The second kappa shape index (κ2) is 6.93. The minimum absolute atomic E-state index is 0.207. The minimum Gasteiger partial charge on any atom is -0.482 e. The van der Waals surface area contributed by atoms with Crippen molar-refractivity contribution in [3.8, 4) is 5.88 Å². The number of nitrogens with zero attached hydrogens (tertiary/aromatic N) is 2. The number of hydrogen-bond donors (Lipinski definition) is 0. The van der Waals surface area contributed by atoms with Gasteiger partial charge in [-0.3, -0.25) is 9.36 Å². The molecule has 1 heterocycles. The van der Waals surface area contributed by atoms with Crippen molar-refractivity contribution in [1.29, 1.82) is 0 Å². The Morgan fingerprint density at radius 3 is 2.54 bits per heavy atom. The topological polar surface area (TPSA) is 43.6 Å². The molecule has 1 amide bonds. The molecule has 2 aromatic rings. The highest BCUT2D eigenvalue weighted by atomic mass is 19.4. The number of amides is 1. The highest BCUT2D eigenvalue weighted by molar-refractivity contribution is 5.95. The normalized spacial score (nSPS) is 15.2. The van der Waals surface area contributed by atoms with E-state index in [1.54, 1.807) is 16.7 Å². The quantitative estimate of drug-likeness (QED) is 0.771. The van der Waals surface area contributed by atoms with Gasteiger partial charge in [-0.05, 0) is 43.0 Å². The zero-order valence-electron chi connectivity index (χ0n) is 13.9. The van der Waals surface area contributed by atoms with Crippen LogP contribution in [0, 0.1) is 11.7 Å². The Morgan fingerprint density at radius 1 is 1.23 bits per heavy atom. The first-order chi connectivity index (χ1) is 12.3. The van der Waals surface area contributed by atoms with Crippen molar-refractivity contribution < 1.29 is 27.1 Å². The average Bonchev–Trinajstić information content (AvgIpc) is 3.39. The van der Waals surface area contributed by atoms with Crippen LogP contribution in [-0.4, -0.2) is 17.6 Å². The van der Waals surface area contributed by atoms with Crippen LogP contribution in [-0.2, 0) is 12.7 Å². The van der Waals surface area contributed by atoms with E-state index in [0.717, 1.165) is 25.0 Å². The first-order valence-corrected chi connectivity index (χ1v) is 8.00. The fraction of sp³-hybridized carbons (Fsp3) is 0.333. The molecule has 138 valence electrons. The molecule has 1 fully saturated rings. The van der Waals surface area contributed by atoms with Crippen LogP contribution in [0.2, 0.25) is 0 Å². The molecular weight excluding hydrogens is 352 g/mol. The summed E-state index contributed by atoms with van der Waals surface area (Å²) >= 11 is 0. The van der Waals surface area contributed by atoms with Crippen LogP contribution in [0.15, 0.2) is 41.4 Å². The van der Waals surface area contributed by atoms with Gasteiger partial charge in [0.25, 0.3) is 5.91 Å². The lowest BCUT2D eigenvalue weighted by Crippen LogP contribution is -2.24. The lowest BCUT2D eigenvalue weighted by atomic mass is 10.1. The highest BCUT2D eigenvalue weighted by Crippen LogP contribution is 2.33. The molecule has 4 nitrogen and oxygen atoms in total. The minimum atomic E-state index is -4.89. The van der Waals surface area contributed by atoms with Crippen molar-refractivity contribution in [2.45, 2.75) is 25.6 Å². The Kier molecular flexibility index (Phi) is 4.84. The van der Waals surface area contributed by atoms with E-state index in [2.05, 4.69) is 4.99 Å². The van der Waals surface area contributed by atoms with Crippen molar-refractivity contribution in [1.82, 2.24) is 4.57 Å².